The maximum absolute atomic E-state index is 13.4. The first-order valence-corrected chi connectivity index (χ1v) is 5.09. The van der Waals surface area contributed by atoms with Crippen LogP contribution in [-0.4, -0.2) is 24.7 Å². The molecule has 0 amide bonds. The van der Waals surface area contributed by atoms with Gasteiger partial charge in [0.2, 0.25) is 0 Å². The Balaban J connectivity index is 2.94. The van der Waals surface area contributed by atoms with Crippen LogP contribution in [0.2, 0.25) is 0 Å². The Hall–Kier alpha value is -1.75. The molecule has 0 aromatic heterocycles. The Morgan fingerprint density at radius 3 is 2.47 bits per heavy atom. The first-order chi connectivity index (χ1) is 8.06. The van der Waals surface area contributed by atoms with Crippen molar-refractivity contribution in [2.75, 3.05) is 13.6 Å². The minimum atomic E-state index is -1.35. The highest BCUT2D eigenvalue weighted by atomic mass is 19.1. The van der Waals surface area contributed by atoms with Crippen molar-refractivity contribution in [3.05, 3.63) is 41.0 Å². The van der Waals surface area contributed by atoms with Crippen molar-refractivity contribution in [2.24, 2.45) is 0 Å². The van der Waals surface area contributed by atoms with Crippen molar-refractivity contribution in [3.8, 4) is 0 Å². The quantitative estimate of drug-likeness (QED) is 0.777. The summed E-state index contributed by atoms with van der Waals surface area (Å²) < 4.78 is 26.8. The van der Waals surface area contributed by atoms with Crippen molar-refractivity contribution >= 4 is 12.0 Å². The van der Waals surface area contributed by atoms with Gasteiger partial charge in [-0.05, 0) is 32.1 Å². The Morgan fingerprint density at radius 2 is 2.00 bits per heavy atom. The zero-order chi connectivity index (χ0) is 12.8. The number of hydrogen-bond acceptors (Lipinski definition) is 2. The number of nitrogens with one attached hydrogen (secondary N) is 1. The van der Waals surface area contributed by atoms with E-state index in [0.29, 0.717) is 13.0 Å². The lowest BCUT2D eigenvalue weighted by atomic mass is 10.1. The Morgan fingerprint density at radius 1 is 1.41 bits per heavy atom. The maximum atomic E-state index is 13.4. The molecule has 17 heavy (non-hydrogen) atoms. The molecular formula is C12H13F2NO2. The summed E-state index contributed by atoms with van der Waals surface area (Å²) in [5.41, 5.74) is -0.613. The Bertz CT molecular complexity index is 421. The van der Waals surface area contributed by atoms with Crippen LogP contribution in [0.15, 0.2) is 18.2 Å². The maximum Gasteiger partial charge on any atom is 0.335 e. The number of hydrogen-bond donors (Lipinski definition) is 2. The molecule has 92 valence electrons. The van der Waals surface area contributed by atoms with Crippen LogP contribution in [0.25, 0.3) is 6.08 Å². The van der Waals surface area contributed by atoms with Crippen LogP contribution in [0.4, 0.5) is 8.78 Å². The fourth-order valence-electron chi connectivity index (χ4n) is 1.30. The molecule has 0 bridgehead atoms. The minimum absolute atomic E-state index is 0.217. The third kappa shape index (κ3) is 3.64. The lowest BCUT2D eigenvalue weighted by Crippen LogP contribution is -2.05. The fraction of sp³-hybridized carbons (Fsp3) is 0.250. The molecule has 0 aliphatic carbocycles. The van der Waals surface area contributed by atoms with Crippen LogP contribution in [0.1, 0.15) is 22.3 Å². The van der Waals surface area contributed by atoms with Gasteiger partial charge in [0.15, 0.2) is 0 Å². The number of aromatic carboxylic acids is 1. The molecule has 0 aliphatic heterocycles. The third-order valence-electron chi connectivity index (χ3n) is 2.17. The van der Waals surface area contributed by atoms with E-state index in [-0.39, 0.29) is 5.56 Å². The largest absolute Gasteiger partial charge is 0.478 e. The van der Waals surface area contributed by atoms with E-state index in [9.17, 15) is 13.6 Å². The third-order valence-corrected chi connectivity index (χ3v) is 2.17. The second-order valence-electron chi connectivity index (χ2n) is 3.45. The van der Waals surface area contributed by atoms with Crippen molar-refractivity contribution in [3.63, 3.8) is 0 Å². The van der Waals surface area contributed by atoms with Gasteiger partial charge in [0.25, 0.3) is 0 Å². The van der Waals surface area contributed by atoms with Gasteiger partial charge in [0.1, 0.15) is 11.6 Å². The smallest absolute Gasteiger partial charge is 0.335 e. The number of rotatable bonds is 5. The normalized spacial score (nSPS) is 11.0. The van der Waals surface area contributed by atoms with Gasteiger partial charge in [-0.1, -0.05) is 12.2 Å². The zero-order valence-electron chi connectivity index (χ0n) is 9.34. The minimum Gasteiger partial charge on any atom is -0.478 e. The molecule has 0 heterocycles. The van der Waals surface area contributed by atoms with Crippen molar-refractivity contribution in [2.45, 2.75) is 6.42 Å². The van der Waals surface area contributed by atoms with Crippen LogP contribution in [0.5, 0.6) is 0 Å². The van der Waals surface area contributed by atoms with Gasteiger partial charge < -0.3 is 10.4 Å². The Kier molecular flexibility index (Phi) is 4.78. The summed E-state index contributed by atoms with van der Waals surface area (Å²) >= 11 is 0. The molecular weight excluding hydrogens is 228 g/mol. The lowest BCUT2D eigenvalue weighted by Gasteiger charge is -2.02. The van der Waals surface area contributed by atoms with Crippen LogP contribution in [0.3, 0.4) is 0 Å². The number of benzene rings is 1. The van der Waals surface area contributed by atoms with E-state index in [1.54, 1.807) is 13.1 Å². The van der Waals surface area contributed by atoms with Gasteiger partial charge in [0.05, 0.1) is 5.56 Å². The SMILES string of the molecule is CNCCC=Cc1c(F)cc(C(=O)O)cc1F. The van der Waals surface area contributed by atoms with E-state index in [4.69, 9.17) is 5.11 Å². The van der Waals surface area contributed by atoms with Crippen LogP contribution in [0, 0.1) is 11.6 Å². The van der Waals surface area contributed by atoms with E-state index >= 15 is 0 Å². The van der Waals surface area contributed by atoms with Gasteiger partial charge in [-0.3, -0.25) is 0 Å². The zero-order valence-corrected chi connectivity index (χ0v) is 9.34. The van der Waals surface area contributed by atoms with E-state index in [2.05, 4.69) is 5.32 Å². The molecule has 5 heteroatoms. The van der Waals surface area contributed by atoms with E-state index in [0.717, 1.165) is 12.1 Å². The summed E-state index contributed by atoms with van der Waals surface area (Å²) in [5, 5.41) is 11.5. The molecule has 0 aliphatic rings. The first kappa shape index (κ1) is 13.3. The van der Waals surface area contributed by atoms with Gasteiger partial charge >= 0.3 is 5.97 Å². The number of carboxylic acids is 1. The van der Waals surface area contributed by atoms with E-state index < -0.39 is 23.2 Å². The van der Waals surface area contributed by atoms with Crippen molar-refractivity contribution in [1.29, 1.82) is 0 Å². The van der Waals surface area contributed by atoms with Gasteiger partial charge in [-0.15, -0.1) is 0 Å². The number of carboxylic acid groups (broad SMARTS) is 1. The van der Waals surface area contributed by atoms with Crippen LogP contribution in [-0.2, 0) is 0 Å². The van der Waals surface area contributed by atoms with Gasteiger partial charge in [-0.2, -0.15) is 0 Å². The van der Waals surface area contributed by atoms with E-state index in [1.807, 2.05) is 0 Å². The highest BCUT2D eigenvalue weighted by Gasteiger charge is 2.12. The molecule has 0 radical (unpaired) electrons. The standard InChI is InChI=1S/C12H13F2NO2/c1-15-5-3-2-4-9-10(13)6-8(12(16)17)7-11(9)14/h2,4,6-7,15H,3,5H2,1H3,(H,16,17). The molecule has 0 fully saturated rings. The molecule has 0 spiro atoms. The average molecular weight is 241 g/mol. The monoisotopic (exact) mass is 241 g/mol. The summed E-state index contributed by atoms with van der Waals surface area (Å²) in [6.45, 7) is 0.701. The summed E-state index contributed by atoms with van der Waals surface area (Å²) in [7, 11) is 1.77. The topological polar surface area (TPSA) is 49.3 Å². The predicted octanol–water partition coefficient (Wildman–Crippen LogP) is 2.29. The first-order valence-electron chi connectivity index (χ1n) is 5.09. The average Bonchev–Trinajstić information content (AvgIpc) is 2.26. The molecule has 1 aromatic rings. The molecule has 1 rings (SSSR count). The number of halogens is 2. The van der Waals surface area contributed by atoms with Crippen molar-refractivity contribution in [1.82, 2.24) is 5.32 Å². The lowest BCUT2D eigenvalue weighted by molar-refractivity contribution is 0.0695. The predicted molar refractivity (Wildman–Crippen MR) is 60.9 cm³/mol. The Labute approximate surface area is 97.8 Å². The van der Waals surface area contributed by atoms with Crippen LogP contribution < -0.4 is 5.32 Å². The highest BCUT2D eigenvalue weighted by Crippen LogP contribution is 2.17. The molecule has 0 saturated heterocycles. The molecule has 0 saturated carbocycles. The van der Waals surface area contributed by atoms with Gasteiger partial charge in [0, 0.05) is 5.56 Å². The second-order valence-corrected chi connectivity index (χ2v) is 3.45. The summed E-state index contributed by atoms with van der Waals surface area (Å²) in [4.78, 5) is 10.6. The molecule has 2 N–H and O–H groups in total. The molecule has 1 aromatic carbocycles. The van der Waals surface area contributed by atoms with Gasteiger partial charge in [-0.25, -0.2) is 13.6 Å². The highest BCUT2D eigenvalue weighted by molar-refractivity contribution is 5.88. The number of carbonyl (C=O) groups is 1. The second kappa shape index (κ2) is 6.10. The molecule has 3 nitrogen and oxygen atoms in total. The van der Waals surface area contributed by atoms with E-state index in [1.165, 1.54) is 6.08 Å². The van der Waals surface area contributed by atoms with Crippen LogP contribution >= 0.6 is 0 Å². The fourth-order valence-corrected chi connectivity index (χ4v) is 1.30. The summed E-state index contributed by atoms with van der Waals surface area (Å²) in [6, 6.07) is 1.62. The summed E-state index contributed by atoms with van der Waals surface area (Å²) in [5.74, 6) is -3.10. The van der Waals surface area contributed by atoms with Crippen molar-refractivity contribution < 1.29 is 18.7 Å². The molecule has 0 unspecified atom stereocenters. The molecule has 0 atom stereocenters. The summed E-state index contributed by atoms with van der Waals surface area (Å²) in [6.07, 6.45) is 3.57.